The van der Waals surface area contributed by atoms with Gasteiger partial charge in [-0.1, -0.05) is 18.2 Å². The van der Waals surface area contributed by atoms with Gasteiger partial charge in [0.2, 0.25) is 11.8 Å². The first-order chi connectivity index (χ1) is 10.6. The second-order valence-electron chi connectivity index (χ2n) is 4.75. The predicted molar refractivity (Wildman–Crippen MR) is 84.9 cm³/mol. The zero-order chi connectivity index (χ0) is 15.9. The van der Waals surface area contributed by atoms with Crippen molar-refractivity contribution >= 4 is 17.5 Å². The minimum absolute atomic E-state index is 0.161. The molecule has 0 aliphatic heterocycles. The maximum absolute atomic E-state index is 12.0. The van der Waals surface area contributed by atoms with Gasteiger partial charge in [-0.2, -0.15) is 0 Å². The summed E-state index contributed by atoms with van der Waals surface area (Å²) in [6, 6.07) is 13.9. The molecule has 0 fully saturated rings. The monoisotopic (exact) mass is 298 g/mol. The van der Waals surface area contributed by atoms with Crippen molar-refractivity contribution < 1.29 is 14.3 Å². The Kier molecular flexibility index (Phi) is 5.14. The van der Waals surface area contributed by atoms with Crippen LogP contribution in [0.25, 0.3) is 0 Å². The van der Waals surface area contributed by atoms with Crippen molar-refractivity contribution in [2.75, 3.05) is 11.9 Å². The minimum Gasteiger partial charge on any atom is -0.494 e. The Labute approximate surface area is 129 Å². The predicted octanol–water partition coefficient (Wildman–Crippen LogP) is 2.37. The van der Waals surface area contributed by atoms with E-state index < -0.39 is 5.91 Å². The third-order valence-electron chi connectivity index (χ3n) is 3.03. The van der Waals surface area contributed by atoms with Crippen LogP contribution in [-0.2, 0) is 11.2 Å². The summed E-state index contributed by atoms with van der Waals surface area (Å²) < 4.78 is 5.35. The molecule has 5 nitrogen and oxygen atoms in total. The topological polar surface area (TPSA) is 81.4 Å². The van der Waals surface area contributed by atoms with Crippen LogP contribution in [0.4, 0.5) is 5.69 Å². The van der Waals surface area contributed by atoms with Gasteiger partial charge in [0.25, 0.3) is 0 Å². The number of benzene rings is 2. The zero-order valence-electron chi connectivity index (χ0n) is 12.3. The molecule has 114 valence electrons. The number of carbonyl (C=O) groups excluding carboxylic acids is 2. The summed E-state index contributed by atoms with van der Waals surface area (Å²) in [5.74, 6) is 0.0919. The molecule has 2 aromatic carbocycles. The number of nitrogens with one attached hydrogen (secondary N) is 1. The third kappa shape index (κ3) is 4.34. The second-order valence-corrected chi connectivity index (χ2v) is 4.75. The molecule has 2 aromatic rings. The number of amides is 2. The summed E-state index contributed by atoms with van der Waals surface area (Å²) in [5.41, 5.74) is 7.00. The van der Waals surface area contributed by atoms with Gasteiger partial charge in [-0.25, -0.2) is 0 Å². The number of hydrogen-bond donors (Lipinski definition) is 2. The molecule has 2 rings (SSSR count). The van der Waals surface area contributed by atoms with Crippen LogP contribution in [0.1, 0.15) is 22.8 Å². The van der Waals surface area contributed by atoms with Gasteiger partial charge in [0.1, 0.15) is 5.75 Å². The van der Waals surface area contributed by atoms with Crippen molar-refractivity contribution in [2.24, 2.45) is 5.73 Å². The number of rotatable bonds is 6. The van der Waals surface area contributed by atoms with Gasteiger partial charge in [-0.15, -0.1) is 0 Å². The molecule has 3 N–H and O–H groups in total. The SMILES string of the molecule is CCOc1ccc(CC(=O)Nc2cccc(C(N)=O)c2)cc1. The molecule has 0 atom stereocenters. The molecular weight excluding hydrogens is 280 g/mol. The number of nitrogens with two attached hydrogens (primary N) is 1. The normalized spacial score (nSPS) is 10.0. The van der Waals surface area contributed by atoms with E-state index in [-0.39, 0.29) is 12.3 Å². The smallest absolute Gasteiger partial charge is 0.248 e. The van der Waals surface area contributed by atoms with Gasteiger partial charge in [0.05, 0.1) is 13.0 Å². The molecule has 0 saturated carbocycles. The molecule has 0 heterocycles. The quantitative estimate of drug-likeness (QED) is 0.859. The van der Waals surface area contributed by atoms with Gasteiger partial charge >= 0.3 is 0 Å². The van der Waals surface area contributed by atoms with Crippen LogP contribution in [0.15, 0.2) is 48.5 Å². The van der Waals surface area contributed by atoms with Crippen LogP contribution in [-0.4, -0.2) is 18.4 Å². The fraction of sp³-hybridized carbons (Fsp3) is 0.176. The number of carbonyl (C=O) groups is 2. The standard InChI is InChI=1S/C17H18N2O3/c1-2-22-15-8-6-12(7-9-15)10-16(20)19-14-5-3-4-13(11-14)17(18)21/h3-9,11H,2,10H2,1H3,(H2,18,21)(H,19,20). The van der Waals surface area contributed by atoms with Crippen LogP contribution < -0.4 is 15.8 Å². The minimum atomic E-state index is -0.525. The van der Waals surface area contributed by atoms with E-state index in [1.807, 2.05) is 31.2 Å². The largest absolute Gasteiger partial charge is 0.494 e. The van der Waals surface area contributed by atoms with E-state index >= 15 is 0 Å². The van der Waals surface area contributed by atoms with Crippen LogP contribution >= 0.6 is 0 Å². The molecule has 0 aliphatic carbocycles. The van der Waals surface area contributed by atoms with Crippen LogP contribution in [0.3, 0.4) is 0 Å². The Morgan fingerprint density at radius 2 is 1.86 bits per heavy atom. The lowest BCUT2D eigenvalue weighted by molar-refractivity contribution is -0.115. The van der Waals surface area contributed by atoms with Crippen molar-refractivity contribution in [3.8, 4) is 5.75 Å². The molecule has 0 spiro atoms. The van der Waals surface area contributed by atoms with Gasteiger partial charge in [0.15, 0.2) is 0 Å². The van der Waals surface area contributed by atoms with Crippen molar-refractivity contribution in [3.05, 3.63) is 59.7 Å². The highest BCUT2D eigenvalue weighted by Crippen LogP contribution is 2.14. The molecule has 0 bridgehead atoms. The summed E-state index contributed by atoms with van der Waals surface area (Å²) in [5, 5.41) is 2.75. The highest BCUT2D eigenvalue weighted by atomic mass is 16.5. The van der Waals surface area contributed by atoms with Crippen LogP contribution in [0.5, 0.6) is 5.75 Å². The number of anilines is 1. The van der Waals surface area contributed by atoms with E-state index in [2.05, 4.69) is 5.32 Å². The summed E-state index contributed by atoms with van der Waals surface area (Å²) in [6.07, 6.45) is 0.243. The summed E-state index contributed by atoms with van der Waals surface area (Å²) in [7, 11) is 0. The van der Waals surface area contributed by atoms with Gasteiger partial charge in [-0.05, 0) is 42.8 Å². The lowest BCUT2D eigenvalue weighted by atomic mass is 10.1. The molecule has 5 heteroatoms. The first-order valence-corrected chi connectivity index (χ1v) is 7.00. The lowest BCUT2D eigenvalue weighted by Crippen LogP contribution is -2.16. The third-order valence-corrected chi connectivity index (χ3v) is 3.03. The Morgan fingerprint density at radius 3 is 2.50 bits per heavy atom. The Morgan fingerprint density at radius 1 is 1.14 bits per heavy atom. The van der Waals surface area contributed by atoms with Crippen LogP contribution in [0, 0.1) is 0 Å². The van der Waals surface area contributed by atoms with Gasteiger partial charge in [0, 0.05) is 11.3 Å². The molecular formula is C17H18N2O3. The Balaban J connectivity index is 1.97. The van der Waals surface area contributed by atoms with E-state index in [0.717, 1.165) is 11.3 Å². The van der Waals surface area contributed by atoms with Crippen molar-refractivity contribution in [2.45, 2.75) is 13.3 Å². The number of hydrogen-bond acceptors (Lipinski definition) is 3. The summed E-state index contributed by atoms with van der Waals surface area (Å²) in [4.78, 5) is 23.1. The summed E-state index contributed by atoms with van der Waals surface area (Å²) >= 11 is 0. The molecule has 0 unspecified atom stereocenters. The summed E-state index contributed by atoms with van der Waals surface area (Å²) in [6.45, 7) is 2.53. The average Bonchev–Trinajstić information content (AvgIpc) is 2.49. The Hall–Kier alpha value is -2.82. The molecule has 2 amide bonds. The van der Waals surface area contributed by atoms with Crippen molar-refractivity contribution in [1.29, 1.82) is 0 Å². The fourth-order valence-electron chi connectivity index (χ4n) is 2.01. The van der Waals surface area contributed by atoms with E-state index in [9.17, 15) is 9.59 Å². The van der Waals surface area contributed by atoms with Gasteiger partial charge in [-0.3, -0.25) is 9.59 Å². The average molecular weight is 298 g/mol. The highest BCUT2D eigenvalue weighted by molar-refractivity contribution is 5.96. The Bertz CT molecular complexity index is 666. The van der Waals surface area contributed by atoms with Crippen molar-refractivity contribution in [3.63, 3.8) is 0 Å². The molecule has 0 saturated heterocycles. The first kappa shape index (κ1) is 15.6. The molecule has 22 heavy (non-hydrogen) atoms. The second kappa shape index (κ2) is 7.26. The molecule has 0 aromatic heterocycles. The molecule has 0 aliphatic rings. The van der Waals surface area contributed by atoms with Crippen molar-refractivity contribution in [1.82, 2.24) is 0 Å². The van der Waals surface area contributed by atoms with E-state index in [1.165, 1.54) is 0 Å². The number of ether oxygens (including phenoxy) is 1. The van der Waals surface area contributed by atoms with E-state index in [0.29, 0.717) is 17.9 Å². The fourth-order valence-corrected chi connectivity index (χ4v) is 2.01. The van der Waals surface area contributed by atoms with E-state index in [1.54, 1.807) is 24.3 Å². The van der Waals surface area contributed by atoms with Gasteiger partial charge < -0.3 is 15.8 Å². The van der Waals surface area contributed by atoms with Crippen LogP contribution in [0.2, 0.25) is 0 Å². The molecule has 0 radical (unpaired) electrons. The maximum Gasteiger partial charge on any atom is 0.248 e. The lowest BCUT2D eigenvalue weighted by Gasteiger charge is -2.07. The van der Waals surface area contributed by atoms with E-state index in [4.69, 9.17) is 10.5 Å². The maximum atomic E-state index is 12.0. The highest BCUT2D eigenvalue weighted by Gasteiger charge is 2.06. The first-order valence-electron chi connectivity index (χ1n) is 7.00. The number of primary amides is 1. The zero-order valence-corrected chi connectivity index (χ0v) is 12.3.